The van der Waals surface area contributed by atoms with Crippen LogP contribution in [0.25, 0.3) is 0 Å². The highest BCUT2D eigenvalue weighted by molar-refractivity contribution is 14.1. The first kappa shape index (κ1) is 9.37. The van der Waals surface area contributed by atoms with Crippen LogP contribution in [0.5, 0.6) is 0 Å². The predicted octanol–water partition coefficient (Wildman–Crippen LogP) is 3.58. The van der Waals surface area contributed by atoms with E-state index in [1.807, 2.05) is 19.1 Å². The summed E-state index contributed by atoms with van der Waals surface area (Å²) in [5.41, 5.74) is 3.00. The molecule has 0 unspecified atom stereocenters. The van der Waals surface area contributed by atoms with E-state index in [1.165, 1.54) is 0 Å². The standard InChI is InChI=1S/C10H9F2I/c1-6-2-7-4-10(11,12)9(7)8(3-6)5-13/h2-3H,4-5H2,1H3. The van der Waals surface area contributed by atoms with Gasteiger partial charge in [-0.1, -0.05) is 40.3 Å². The number of hydrogen-bond acceptors (Lipinski definition) is 0. The van der Waals surface area contributed by atoms with Crippen LogP contribution in [0.3, 0.4) is 0 Å². The van der Waals surface area contributed by atoms with E-state index in [-0.39, 0.29) is 12.0 Å². The molecule has 0 saturated carbocycles. The van der Waals surface area contributed by atoms with Crippen LogP contribution < -0.4 is 0 Å². The summed E-state index contributed by atoms with van der Waals surface area (Å²) < 4.78 is 26.9. The summed E-state index contributed by atoms with van der Waals surface area (Å²) in [4.78, 5) is 0. The third kappa shape index (κ3) is 1.37. The van der Waals surface area contributed by atoms with Gasteiger partial charge in [0.25, 0.3) is 5.92 Å². The molecule has 0 amide bonds. The largest absolute Gasteiger partial charge is 0.277 e. The van der Waals surface area contributed by atoms with Crippen molar-refractivity contribution < 1.29 is 8.78 Å². The van der Waals surface area contributed by atoms with Crippen LogP contribution in [0, 0.1) is 6.92 Å². The van der Waals surface area contributed by atoms with E-state index in [0.29, 0.717) is 4.43 Å². The van der Waals surface area contributed by atoms with Crippen LogP contribution in [0.4, 0.5) is 8.78 Å². The molecule has 13 heavy (non-hydrogen) atoms. The molecule has 0 bridgehead atoms. The van der Waals surface area contributed by atoms with E-state index < -0.39 is 5.92 Å². The number of halogens is 3. The second-order valence-corrected chi connectivity index (χ2v) is 4.24. The van der Waals surface area contributed by atoms with Crippen molar-refractivity contribution in [3.05, 3.63) is 34.4 Å². The van der Waals surface area contributed by atoms with Gasteiger partial charge in [-0.25, -0.2) is 8.78 Å². The average Bonchev–Trinajstić information content (AvgIpc) is 2.01. The maximum absolute atomic E-state index is 13.1. The third-order valence-electron chi connectivity index (χ3n) is 2.37. The molecule has 70 valence electrons. The second kappa shape index (κ2) is 2.90. The molecule has 0 atom stereocenters. The van der Waals surface area contributed by atoms with Gasteiger partial charge in [0.05, 0.1) is 0 Å². The van der Waals surface area contributed by atoms with Crippen molar-refractivity contribution in [1.29, 1.82) is 0 Å². The predicted molar refractivity (Wildman–Crippen MR) is 56.5 cm³/mol. The molecular weight excluding hydrogens is 285 g/mol. The Morgan fingerprint density at radius 2 is 2.15 bits per heavy atom. The molecule has 0 heterocycles. The van der Waals surface area contributed by atoms with Crippen molar-refractivity contribution in [2.75, 3.05) is 0 Å². The molecule has 0 N–H and O–H groups in total. The highest BCUT2D eigenvalue weighted by Gasteiger charge is 2.45. The Hall–Kier alpha value is -0.190. The van der Waals surface area contributed by atoms with Gasteiger partial charge >= 0.3 is 0 Å². The summed E-state index contributed by atoms with van der Waals surface area (Å²) in [5, 5.41) is 0. The van der Waals surface area contributed by atoms with E-state index in [2.05, 4.69) is 22.6 Å². The molecule has 1 aliphatic carbocycles. The number of hydrogen-bond donors (Lipinski definition) is 0. The van der Waals surface area contributed by atoms with Gasteiger partial charge in [-0.2, -0.15) is 0 Å². The van der Waals surface area contributed by atoms with Crippen molar-refractivity contribution in [2.24, 2.45) is 0 Å². The van der Waals surface area contributed by atoms with E-state index in [4.69, 9.17) is 0 Å². The summed E-state index contributed by atoms with van der Waals surface area (Å²) in [5.74, 6) is -2.57. The minimum atomic E-state index is -2.57. The van der Waals surface area contributed by atoms with Crippen LogP contribution in [-0.2, 0) is 16.8 Å². The van der Waals surface area contributed by atoms with E-state index >= 15 is 0 Å². The zero-order chi connectivity index (χ0) is 9.64. The number of alkyl halides is 3. The lowest BCUT2D eigenvalue weighted by Crippen LogP contribution is -2.31. The lowest BCUT2D eigenvalue weighted by molar-refractivity contribution is -0.0295. The number of fused-ring (bicyclic) bond motifs is 1. The number of rotatable bonds is 1. The van der Waals surface area contributed by atoms with Crippen LogP contribution in [-0.4, -0.2) is 0 Å². The Balaban J connectivity index is 2.58. The molecular formula is C10H9F2I. The van der Waals surface area contributed by atoms with Crippen LogP contribution in [0.15, 0.2) is 12.1 Å². The maximum atomic E-state index is 13.1. The Bertz CT molecular complexity index is 358. The highest BCUT2D eigenvalue weighted by Crippen LogP contribution is 2.46. The lowest BCUT2D eigenvalue weighted by atomic mass is 9.80. The van der Waals surface area contributed by atoms with Crippen LogP contribution in [0.2, 0.25) is 0 Å². The lowest BCUT2D eigenvalue weighted by Gasteiger charge is -2.32. The maximum Gasteiger partial charge on any atom is 0.277 e. The topological polar surface area (TPSA) is 0 Å². The molecule has 0 radical (unpaired) electrons. The minimum Gasteiger partial charge on any atom is -0.201 e. The molecule has 0 aliphatic heterocycles. The number of benzene rings is 1. The van der Waals surface area contributed by atoms with Crippen LogP contribution in [0.1, 0.15) is 22.3 Å². The van der Waals surface area contributed by atoms with Gasteiger partial charge in [0.2, 0.25) is 0 Å². The molecule has 0 fully saturated rings. The van der Waals surface area contributed by atoms with Crippen molar-refractivity contribution in [3.63, 3.8) is 0 Å². The highest BCUT2D eigenvalue weighted by atomic mass is 127. The molecule has 3 heteroatoms. The Kier molecular flexibility index (Phi) is 2.09. The molecule has 0 saturated heterocycles. The Morgan fingerprint density at radius 3 is 2.69 bits per heavy atom. The van der Waals surface area contributed by atoms with Gasteiger partial charge in [-0.15, -0.1) is 0 Å². The summed E-state index contributed by atoms with van der Waals surface area (Å²) in [6.45, 7) is 1.95. The first-order valence-electron chi connectivity index (χ1n) is 4.11. The monoisotopic (exact) mass is 294 g/mol. The zero-order valence-electron chi connectivity index (χ0n) is 7.20. The molecule has 0 spiro atoms. The molecule has 0 aromatic heterocycles. The SMILES string of the molecule is Cc1cc(CI)c2c(c1)CC2(F)F. The first-order chi connectivity index (χ1) is 6.04. The molecule has 1 aromatic rings. The van der Waals surface area contributed by atoms with Gasteiger partial charge in [-0.05, 0) is 18.1 Å². The van der Waals surface area contributed by atoms with E-state index in [9.17, 15) is 8.78 Å². The van der Waals surface area contributed by atoms with Gasteiger partial charge < -0.3 is 0 Å². The quantitative estimate of drug-likeness (QED) is 0.548. The third-order valence-corrected chi connectivity index (χ3v) is 3.19. The average molecular weight is 294 g/mol. The van der Waals surface area contributed by atoms with Gasteiger partial charge in [0.1, 0.15) is 0 Å². The van der Waals surface area contributed by atoms with Crippen molar-refractivity contribution >= 4 is 22.6 Å². The summed E-state index contributed by atoms with van der Waals surface area (Å²) in [6.07, 6.45) is -0.0757. The summed E-state index contributed by atoms with van der Waals surface area (Å²) >= 11 is 2.13. The summed E-state index contributed by atoms with van der Waals surface area (Å²) in [7, 11) is 0. The van der Waals surface area contributed by atoms with Crippen molar-refractivity contribution in [1.82, 2.24) is 0 Å². The normalized spacial score (nSPS) is 17.8. The van der Waals surface area contributed by atoms with Gasteiger partial charge in [-0.3, -0.25) is 0 Å². The van der Waals surface area contributed by atoms with Gasteiger partial charge in [0, 0.05) is 16.4 Å². The minimum absolute atomic E-state index is 0.0757. The van der Waals surface area contributed by atoms with Crippen molar-refractivity contribution in [2.45, 2.75) is 23.7 Å². The van der Waals surface area contributed by atoms with E-state index in [0.717, 1.165) is 16.7 Å². The molecule has 0 nitrogen and oxygen atoms in total. The summed E-state index contributed by atoms with van der Waals surface area (Å²) in [6, 6.07) is 3.72. The zero-order valence-corrected chi connectivity index (χ0v) is 9.36. The van der Waals surface area contributed by atoms with Crippen LogP contribution >= 0.6 is 22.6 Å². The van der Waals surface area contributed by atoms with Gasteiger partial charge in [0.15, 0.2) is 0 Å². The second-order valence-electron chi connectivity index (χ2n) is 3.47. The fourth-order valence-corrected chi connectivity index (χ4v) is 2.48. The van der Waals surface area contributed by atoms with Crippen molar-refractivity contribution in [3.8, 4) is 0 Å². The smallest absolute Gasteiger partial charge is 0.201 e. The molecule has 1 aliphatic rings. The molecule has 1 aromatic carbocycles. The molecule has 2 rings (SSSR count). The van der Waals surface area contributed by atoms with E-state index in [1.54, 1.807) is 0 Å². The number of aryl methyl sites for hydroxylation is 1. The fourth-order valence-electron chi connectivity index (χ4n) is 1.88. The Labute approximate surface area is 89.5 Å². The first-order valence-corrected chi connectivity index (χ1v) is 5.64. The Morgan fingerprint density at radius 1 is 1.46 bits per heavy atom. The fraction of sp³-hybridized carbons (Fsp3) is 0.400.